The van der Waals surface area contributed by atoms with Crippen LogP contribution in [0.2, 0.25) is 0 Å². The summed E-state index contributed by atoms with van der Waals surface area (Å²) in [4.78, 5) is 12.8. The Morgan fingerprint density at radius 3 is 2.36 bits per heavy atom. The van der Waals surface area contributed by atoms with Crippen LogP contribution in [0.15, 0.2) is 23.8 Å². The normalized spacial score (nSPS) is 26.4. The molecule has 1 saturated carbocycles. The highest BCUT2D eigenvalue weighted by Crippen LogP contribution is 2.52. The van der Waals surface area contributed by atoms with Gasteiger partial charge in [0.25, 0.3) is 0 Å². The maximum Gasteiger partial charge on any atom is 0.241 e. The van der Waals surface area contributed by atoms with Gasteiger partial charge in [0.2, 0.25) is 6.29 Å². The average Bonchev–Trinajstić information content (AvgIpc) is 3.05. The number of benzene rings is 1. The van der Waals surface area contributed by atoms with Gasteiger partial charge in [-0.15, -0.1) is 0 Å². The first-order chi connectivity index (χ1) is 11.9. The van der Waals surface area contributed by atoms with E-state index >= 15 is 0 Å². The maximum atomic E-state index is 12.8. The summed E-state index contributed by atoms with van der Waals surface area (Å²) in [6, 6.07) is 3.82. The standard InChI is InChI=1S/C22H30O3/c1-6-15-16(18(15)10-13(3)4)8-9-19(23)17-12-21-20(11-14(17)5)24-22(7-2)25-21/h10-12,15-16,18,22H,6-9H2,1-5H3. The molecule has 25 heavy (non-hydrogen) atoms. The molecule has 1 aromatic carbocycles. The number of ketones is 1. The second kappa shape index (κ2) is 7.23. The van der Waals surface area contributed by atoms with Gasteiger partial charge in [0.05, 0.1) is 0 Å². The molecule has 4 unspecified atom stereocenters. The zero-order valence-corrected chi connectivity index (χ0v) is 16.1. The van der Waals surface area contributed by atoms with Crippen LogP contribution in [0.4, 0.5) is 0 Å². The smallest absolute Gasteiger partial charge is 0.241 e. The highest BCUT2D eigenvalue weighted by atomic mass is 16.7. The van der Waals surface area contributed by atoms with Crippen molar-refractivity contribution in [1.82, 2.24) is 0 Å². The Bertz CT molecular complexity index is 685. The Morgan fingerprint density at radius 1 is 1.08 bits per heavy atom. The first-order valence-corrected chi connectivity index (χ1v) is 9.60. The molecular weight excluding hydrogens is 312 g/mol. The zero-order valence-electron chi connectivity index (χ0n) is 16.1. The van der Waals surface area contributed by atoms with Gasteiger partial charge in [0, 0.05) is 18.4 Å². The van der Waals surface area contributed by atoms with Gasteiger partial charge in [-0.05, 0) is 62.6 Å². The van der Waals surface area contributed by atoms with Crippen molar-refractivity contribution in [3.63, 3.8) is 0 Å². The van der Waals surface area contributed by atoms with Crippen LogP contribution < -0.4 is 9.47 Å². The summed E-state index contributed by atoms with van der Waals surface area (Å²) in [5, 5.41) is 0. The summed E-state index contributed by atoms with van der Waals surface area (Å²) >= 11 is 0. The lowest BCUT2D eigenvalue weighted by Crippen LogP contribution is -2.15. The summed E-state index contributed by atoms with van der Waals surface area (Å²) in [5.41, 5.74) is 3.15. The molecule has 0 aromatic heterocycles. The van der Waals surface area contributed by atoms with Gasteiger partial charge in [0.1, 0.15) is 0 Å². The Kier molecular flexibility index (Phi) is 5.21. The number of allylic oxidation sites excluding steroid dienone is 2. The van der Waals surface area contributed by atoms with Gasteiger partial charge < -0.3 is 9.47 Å². The van der Waals surface area contributed by atoms with Crippen LogP contribution in [0.25, 0.3) is 0 Å². The van der Waals surface area contributed by atoms with E-state index < -0.39 is 0 Å². The SMILES string of the molecule is CCC1Oc2cc(C)c(C(=O)CCC3C(C=C(C)C)C3CC)cc2O1. The minimum absolute atomic E-state index is 0.221. The summed E-state index contributed by atoms with van der Waals surface area (Å²) in [5.74, 6) is 3.79. The molecule has 3 heteroatoms. The molecule has 0 saturated heterocycles. The lowest BCUT2D eigenvalue weighted by Gasteiger charge is -2.07. The Hall–Kier alpha value is -1.77. The van der Waals surface area contributed by atoms with Gasteiger partial charge in [-0.1, -0.05) is 31.9 Å². The number of aryl methyl sites for hydroxylation is 1. The van der Waals surface area contributed by atoms with Gasteiger partial charge in [-0.25, -0.2) is 0 Å². The number of carbonyl (C=O) groups is 1. The van der Waals surface area contributed by atoms with Crippen molar-refractivity contribution in [2.75, 3.05) is 0 Å². The number of ether oxygens (including phenoxy) is 2. The number of Topliss-reactive ketones (excluding diaryl/α,β-unsaturated/α-hetero) is 1. The summed E-state index contributed by atoms with van der Waals surface area (Å²) < 4.78 is 11.5. The van der Waals surface area contributed by atoms with E-state index in [0.29, 0.717) is 24.0 Å². The molecular formula is C22H30O3. The predicted octanol–water partition coefficient (Wildman–Crippen LogP) is 5.70. The van der Waals surface area contributed by atoms with Gasteiger partial charge >= 0.3 is 0 Å². The molecule has 4 atom stereocenters. The van der Waals surface area contributed by atoms with Crippen molar-refractivity contribution < 1.29 is 14.3 Å². The minimum Gasteiger partial charge on any atom is -0.451 e. The van der Waals surface area contributed by atoms with Crippen molar-refractivity contribution in [2.24, 2.45) is 17.8 Å². The van der Waals surface area contributed by atoms with Crippen LogP contribution in [0.3, 0.4) is 0 Å². The summed E-state index contributed by atoms with van der Waals surface area (Å²) in [7, 11) is 0. The molecule has 1 aromatic rings. The van der Waals surface area contributed by atoms with Crippen LogP contribution in [0.1, 0.15) is 69.3 Å². The number of hydrogen-bond donors (Lipinski definition) is 0. The third kappa shape index (κ3) is 3.75. The highest BCUT2D eigenvalue weighted by molar-refractivity contribution is 5.98. The Balaban J connectivity index is 1.64. The van der Waals surface area contributed by atoms with E-state index in [9.17, 15) is 4.79 Å². The van der Waals surface area contributed by atoms with Crippen LogP contribution >= 0.6 is 0 Å². The van der Waals surface area contributed by atoms with Crippen molar-refractivity contribution >= 4 is 5.78 Å². The maximum absolute atomic E-state index is 12.8. The zero-order chi connectivity index (χ0) is 18.1. The van der Waals surface area contributed by atoms with E-state index in [-0.39, 0.29) is 12.1 Å². The first kappa shape index (κ1) is 18.0. The Labute approximate surface area is 151 Å². The fraction of sp³-hybridized carbons (Fsp3) is 0.591. The van der Waals surface area contributed by atoms with Crippen LogP contribution in [-0.2, 0) is 0 Å². The molecule has 0 bridgehead atoms. The molecule has 1 heterocycles. The van der Waals surface area contributed by atoms with Gasteiger partial charge in [0.15, 0.2) is 17.3 Å². The topological polar surface area (TPSA) is 35.5 Å². The van der Waals surface area contributed by atoms with Crippen LogP contribution in [-0.4, -0.2) is 12.1 Å². The molecule has 0 N–H and O–H groups in total. The van der Waals surface area contributed by atoms with E-state index in [4.69, 9.17) is 9.47 Å². The average molecular weight is 342 g/mol. The first-order valence-electron chi connectivity index (χ1n) is 9.60. The Morgan fingerprint density at radius 2 is 1.76 bits per heavy atom. The van der Waals surface area contributed by atoms with E-state index in [0.717, 1.165) is 35.6 Å². The van der Waals surface area contributed by atoms with Crippen molar-refractivity contribution in [1.29, 1.82) is 0 Å². The van der Waals surface area contributed by atoms with E-state index in [1.54, 1.807) is 0 Å². The molecule has 0 spiro atoms. The number of hydrogen-bond acceptors (Lipinski definition) is 3. The molecule has 3 nitrogen and oxygen atoms in total. The number of fused-ring (bicyclic) bond motifs is 1. The van der Waals surface area contributed by atoms with Crippen molar-refractivity contribution in [3.8, 4) is 11.5 Å². The van der Waals surface area contributed by atoms with Crippen molar-refractivity contribution in [2.45, 2.75) is 66.6 Å². The third-order valence-corrected chi connectivity index (χ3v) is 5.54. The third-order valence-electron chi connectivity index (χ3n) is 5.54. The monoisotopic (exact) mass is 342 g/mol. The van der Waals surface area contributed by atoms with E-state index in [1.807, 2.05) is 26.0 Å². The second-order valence-electron chi connectivity index (χ2n) is 7.71. The molecule has 0 radical (unpaired) electrons. The lowest BCUT2D eigenvalue weighted by molar-refractivity contribution is 0.0464. The minimum atomic E-state index is -0.221. The summed E-state index contributed by atoms with van der Waals surface area (Å²) in [6.45, 7) is 10.6. The molecule has 1 aliphatic heterocycles. The number of rotatable bonds is 7. The number of carbonyl (C=O) groups excluding carboxylic acids is 1. The fourth-order valence-corrected chi connectivity index (χ4v) is 4.14. The van der Waals surface area contributed by atoms with Crippen LogP contribution in [0.5, 0.6) is 11.5 Å². The fourth-order valence-electron chi connectivity index (χ4n) is 4.14. The molecule has 1 aliphatic carbocycles. The summed E-state index contributed by atoms with van der Waals surface area (Å²) in [6.07, 6.45) is 5.77. The van der Waals surface area contributed by atoms with E-state index in [1.165, 1.54) is 12.0 Å². The quantitative estimate of drug-likeness (QED) is 0.471. The van der Waals surface area contributed by atoms with Gasteiger partial charge in [-0.2, -0.15) is 0 Å². The predicted molar refractivity (Wildman–Crippen MR) is 100 cm³/mol. The molecule has 1 fully saturated rings. The molecule has 0 amide bonds. The molecule has 2 aliphatic rings. The molecule has 3 rings (SSSR count). The largest absolute Gasteiger partial charge is 0.451 e. The highest BCUT2D eigenvalue weighted by Gasteiger charge is 2.46. The van der Waals surface area contributed by atoms with E-state index in [2.05, 4.69) is 26.8 Å². The second-order valence-corrected chi connectivity index (χ2v) is 7.71. The van der Waals surface area contributed by atoms with Crippen molar-refractivity contribution in [3.05, 3.63) is 34.9 Å². The lowest BCUT2D eigenvalue weighted by atomic mass is 9.99. The molecule has 136 valence electrons. The van der Waals surface area contributed by atoms with Crippen LogP contribution in [0, 0.1) is 24.7 Å². The van der Waals surface area contributed by atoms with Gasteiger partial charge in [-0.3, -0.25) is 4.79 Å².